The third-order valence-electron chi connectivity index (χ3n) is 7.14. The SMILES string of the molecule is CNCCCN1CCN(c2ccc3c(c2)n(C)c(=O)n3C2CCC(=O)NC2=O)C[C@@H]1C(C)C. The minimum Gasteiger partial charge on any atom is -0.369 e. The van der Waals surface area contributed by atoms with Crippen molar-refractivity contribution in [3.05, 3.63) is 28.7 Å². The summed E-state index contributed by atoms with van der Waals surface area (Å²) in [5.41, 5.74) is 2.40. The first-order valence-electron chi connectivity index (χ1n) is 12.0. The summed E-state index contributed by atoms with van der Waals surface area (Å²) >= 11 is 0. The lowest BCUT2D eigenvalue weighted by atomic mass is 9.98. The predicted octanol–water partition coefficient (Wildman–Crippen LogP) is 1.07. The maximum atomic E-state index is 13.0. The molecule has 33 heavy (non-hydrogen) atoms. The molecular formula is C24H36N6O3. The van der Waals surface area contributed by atoms with Gasteiger partial charge in [-0.3, -0.25) is 28.9 Å². The topological polar surface area (TPSA) is 91.6 Å². The molecule has 2 atom stereocenters. The molecule has 1 unspecified atom stereocenters. The van der Waals surface area contributed by atoms with E-state index in [0.717, 1.165) is 55.9 Å². The number of carbonyl (C=O) groups excluding carboxylic acids is 2. The number of amides is 2. The number of rotatable bonds is 7. The van der Waals surface area contributed by atoms with Crippen LogP contribution >= 0.6 is 0 Å². The van der Waals surface area contributed by atoms with Crippen molar-refractivity contribution in [2.45, 2.75) is 45.2 Å². The van der Waals surface area contributed by atoms with E-state index < -0.39 is 11.9 Å². The Bertz CT molecular complexity index is 1090. The Morgan fingerprint density at radius 3 is 2.64 bits per heavy atom. The number of carbonyl (C=O) groups is 2. The zero-order valence-corrected chi connectivity index (χ0v) is 20.1. The number of nitrogens with one attached hydrogen (secondary N) is 2. The van der Waals surface area contributed by atoms with Crippen LogP contribution in [0.15, 0.2) is 23.0 Å². The zero-order valence-electron chi connectivity index (χ0n) is 20.1. The third kappa shape index (κ3) is 4.56. The van der Waals surface area contributed by atoms with Crippen molar-refractivity contribution in [2.75, 3.05) is 44.7 Å². The molecule has 180 valence electrons. The number of fused-ring (bicyclic) bond motifs is 1. The smallest absolute Gasteiger partial charge is 0.329 e. The van der Waals surface area contributed by atoms with Crippen LogP contribution in [0.1, 0.15) is 39.2 Å². The van der Waals surface area contributed by atoms with Gasteiger partial charge in [0.05, 0.1) is 11.0 Å². The standard InChI is InChI=1S/C24H36N6O3/c1-16(2)21-15-29(13-12-28(21)11-5-10-25-3)17-6-7-18-20(14-17)27(4)24(33)30(18)19-8-9-22(31)26-23(19)32/h6-7,14,16,19,21,25H,5,8-13,15H2,1-4H3,(H,26,31,32)/t19?,21-/m1/s1. The molecule has 0 bridgehead atoms. The summed E-state index contributed by atoms with van der Waals surface area (Å²) in [5.74, 6) is -0.139. The van der Waals surface area contributed by atoms with Gasteiger partial charge in [0.2, 0.25) is 11.8 Å². The van der Waals surface area contributed by atoms with Gasteiger partial charge >= 0.3 is 5.69 Å². The molecular weight excluding hydrogens is 420 g/mol. The summed E-state index contributed by atoms with van der Waals surface area (Å²) in [7, 11) is 3.74. The van der Waals surface area contributed by atoms with E-state index in [2.05, 4.69) is 46.4 Å². The number of piperidine rings is 1. The lowest BCUT2D eigenvalue weighted by Crippen LogP contribution is -2.55. The normalized spacial score (nSPS) is 22.4. The van der Waals surface area contributed by atoms with E-state index in [0.29, 0.717) is 18.4 Å². The minimum absolute atomic E-state index is 0.231. The summed E-state index contributed by atoms with van der Waals surface area (Å²) in [5, 5.41) is 5.60. The van der Waals surface area contributed by atoms with E-state index in [1.165, 1.54) is 4.57 Å². The molecule has 0 saturated carbocycles. The molecule has 2 aliphatic heterocycles. The molecule has 2 amide bonds. The van der Waals surface area contributed by atoms with E-state index in [4.69, 9.17) is 0 Å². The number of piperazine rings is 1. The molecule has 2 fully saturated rings. The zero-order chi connectivity index (χ0) is 23.7. The second kappa shape index (κ2) is 9.69. The number of anilines is 1. The largest absolute Gasteiger partial charge is 0.369 e. The highest BCUT2D eigenvalue weighted by molar-refractivity contribution is 6.00. The number of hydrogen-bond donors (Lipinski definition) is 2. The molecule has 0 radical (unpaired) electrons. The van der Waals surface area contributed by atoms with Gasteiger partial charge in [0.1, 0.15) is 6.04 Å². The van der Waals surface area contributed by atoms with Gasteiger partial charge in [-0.2, -0.15) is 0 Å². The highest BCUT2D eigenvalue weighted by atomic mass is 16.2. The van der Waals surface area contributed by atoms with Crippen LogP contribution < -0.4 is 21.2 Å². The van der Waals surface area contributed by atoms with E-state index in [-0.39, 0.29) is 18.0 Å². The highest BCUT2D eigenvalue weighted by Crippen LogP contribution is 2.28. The lowest BCUT2D eigenvalue weighted by molar-refractivity contribution is -0.135. The van der Waals surface area contributed by atoms with Crippen LogP contribution in [-0.4, -0.2) is 71.7 Å². The van der Waals surface area contributed by atoms with Gasteiger partial charge in [-0.25, -0.2) is 4.79 Å². The number of aromatic nitrogens is 2. The first-order chi connectivity index (χ1) is 15.8. The van der Waals surface area contributed by atoms with E-state index in [1.807, 2.05) is 13.1 Å². The highest BCUT2D eigenvalue weighted by Gasteiger charge is 2.32. The molecule has 0 spiro atoms. The number of hydrogen-bond acceptors (Lipinski definition) is 6. The van der Waals surface area contributed by atoms with Gasteiger partial charge in [0, 0.05) is 44.8 Å². The maximum Gasteiger partial charge on any atom is 0.329 e. The molecule has 2 N–H and O–H groups in total. The van der Waals surface area contributed by atoms with E-state index >= 15 is 0 Å². The fraction of sp³-hybridized carbons (Fsp3) is 0.625. The van der Waals surface area contributed by atoms with Gasteiger partial charge in [0.25, 0.3) is 0 Å². The predicted molar refractivity (Wildman–Crippen MR) is 130 cm³/mol. The maximum absolute atomic E-state index is 13.0. The molecule has 9 heteroatoms. The molecule has 2 aromatic rings. The van der Waals surface area contributed by atoms with Crippen LogP contribution in [-0.2, 0) is 16.6 Å². The number of nitrogens with zero attached hydrogens (tertiary/aromatic N) is 4. The Labute approximate surface area is 194 Å². The number of imide groups is 1. The van der Waals surface area contributed by atoms with Gasteiger partial charge in [0.15, 0.2) is 0 Å². The molecule has 1 aromatic heterocycles. The average molecular weight is 457 g/mol. The summed E-state index contributed by atoms with van der Waals surface area (Å²) in [6.07, 6.45) is 1.73. The Morgan fingerprint density at radius 1 is 1.15 bits per heavy atom. The molecule has 1 aromatic carbocycles. The number of benzene rings is 1. The molecule has 2 aliphatic rings. The van der Waals surface area contributed by atoms with Crippen LogP contribution in [0.2, 0.25) is 0 Å². The summed E-state index contributed by atoms with van der Waals surface area (Å²) in [4.78, 5) is 42.0. The number of aryl methyl sites for hydroxylation is 1. The van der Waals surface area contributed by atoms with Crippen molar-refractivity contribution in [1.82, 2.24) is 24.7 Å². The Hall–Kier alpha value is -2.65. The van der Waals surface area contributed by atoms with E-state index in [1.54, 1.807) is 11.6 Å². The first-order valence-corrected chi connectivity index (χ1v) is 12.0. The van der Waals surface area contributed by atoms with Crippen molar-refractivity contribution < 1.29 is 9.59 Å². The van der Waals surface area contributed by atoms with Gasteiger partial charge in [-0.1, -0.05) is 13.8 Å². The number of imidazole rings is 1. The molecule has 9 nitrogen and oxygen atoms in total. The van der Waals surface area contributed by atoms with Crippen LogP contribution in [0.3, 0.4) is 0 Å². The Morgan fingerprint density at radius 2 is 1.94 bits per heavy atom. The first kappa shape index (κ1) is 23.5. The van der Waals surface area contributed by atoms with E-state index in [9.17, 15) is 14.4 Å². The molecule has 2 saturated heterocycles. The van der Waals surface area contributed by atoms with Gasteiger partial charge in [-0.15, -0.1) is 0 Å². The molecule has 4 rings (SSSR count). The fourth-order valence-corrected chi connectivity index (χ4v) is 5.23. The van der Waals surface area contributed by atoms with Crippen molar-refractivity contribution in [3.63, 3.8) is 0 Å². The van der Waals surface area contributed by atoms with Gasteiger partial charge < -0.3 is 10.2 Å². The monoisotopic (exact) mass is 456 g/mol. The van der Waals surface area contributed by atoms with Crippen molar-refractivity contribution in [2.24, 2.45) is 13.0 Å². The third-order valence-corrected chi connectivity index (χ3v) is 7.14. The van der Waals surface area contributed by atoms with Crippen molar-refractivity contribution in [1.29, 1.82) is 0 Å². The second-order valence-electron chi connectivity index (χ2n) is 9.60. The summed E-state index contributed by atoms with van der Waals surface area (Å²) in [6, 6.07) is 5.88. The molecule has 3 heterocycles. The Balaban J connectivity index is 1.60. The van der Waals surface area contributed by atoms with Crippen LogP contribution in [0.4, 0.5) is 5.69 Å². The second-order valence-corrected chi connectivity index (χ2v) is 9.60. The van der Waals surface area contributed by atoms with Gasteiger partial charge in [-0.05, 0) is 57.1 Å². The van der Waals surface area contributed by atoms with Crippen LogP contribution in [0, 0.1) is 5.92 Å². The average Bonchev–Trinajstić information content (AvgIpc) is 3.04. The summed E-state index contributed by atoms with van der Waals surface area (Å²) < 4.78 is 3.15. The van der Waals surface area contributed by atoms with Crippen LogP contribution in [0.5, 0.6) is 0 Å². The molecule has 0 aliphatic carbocycles. The lowest BCUT2D eigenvalue weighted by Gasteiger charge is -2.44. The Kier molecular flexibility index (Phi) is 6.90. The van der Waals surface area contributed by atoms with Crippen molar-refractivity contribution >= 4 is 28.5 Å². The summed E-state index contributed by atoms with van der Waals surface area (Å²) in [6.45, 7) is 9.60. The fourth-order valence-electron chi connectivity index (χ4n) is 5.23. The van der Waals surface area contributed by atoms with Crippen LogP contribution in [0.25, 0.3) is 11.0 Å². The minimum atomic E-state index is -0.656. The van der Waals surface area contributed by atoms with Crippen molar-refractivity contribution in [3.8, 4) is 0 Å². The quantitative estimate of drug-likeness (QED) is 0.479.